The molecule has 6 N–H and O–H groups in total. The molecule has 0 amide bonds. The zero-order chi connectivity index (χ0) is 24.6. The SMILES string of the molecule is COc1ccc(CNc2nc3c(c(=O)[nH]2)n(C)c[n+]3[C@@H]2O[C@H](COP(=O)(O)O)[C@@H](O)[C@H]2O)cc1. The molecule has 1 aliphatic rings. The van der Waals surface area contributed by atoms with Crippen LogP contribution in [-0.2, 0) is 27.4 Å². The van der Waals surface area contributed by atoms with E-state index in [0.717, 1.165) is 5.56 Å². The smallest absolute Gasteiger partial charge is 0.469 e. The Balaban J connectivity index is 1.60. The van der Waals surface area contributed by atoms with Gasteiger partial charge in [-0.2, -0.15) is 0 Å². The van der Waals surface area contributed by atoms with Crippen LogP contribution in [0.3, 0.4) is 0 Å². The first-order valence-corrected chi connectivity index (χ1v) is 11.7. The number of benzene rings is 1. The summed E-state index contributed by atoms with van der Waals surface area (Å²) >= 11 is 0. The third-order valence-electron chi connectivity index (χ3n) is 5.41. The summed E-state index contributed by atoms with van der Waals surface area (Å²) < 4.78 is 29.0. The standard InChI is InChI=1S/C19H24N5O9P/c1-23-9-24(18-15(26)14(25)12(33-18)8-32-34(28,29)30)16-13(23)17(27)22-19(21-16)20-7-10-3-5-11(31-2)6-4-10/h3-6,9,12,14-15,18,25-26H,7-8H2,1-2H3,(H3-,20,21,22,27,28,29,30)/p+1/t12-,14-,15-,18-/m1/s1. The first-order valence-electron chi connectivity index (χ1n) is 10.2. The molecule has 1 aliphatic heterocycles. The Hall–Kier alpha value is -2.84. The number of aromatic amines is 1. The Morgan fingerprint density at radius 1 is 1.26 bits per heavy atom. The highest BCUT2D eigenvalue weighted by atomic mass is 31.2. The van der Waals surface area contributed by atoms with Crippen molar-refractivity contribution in [3.8, 4) is 5.75 Å². The molecule has 1 aromatic carbocycles. The lowest BCUT2D eigenvalue weighted by Crippen LogP contribution is -2.46. The number of nitrogens with zero attached hydrogens (tertiary/aromatic N) is 3. The van der Waals surface area contributed by atoms with Crippen molar-refractivity contribution < 1.29 is 43.1 Å². The minimum Gasteiger partial charge on any atom is -0.497 e. The number of phosphoric ester groups is 1. The van der Waals surface area contributed by atoms with Crippen molar-refractivity contribution in [1.29, 1.82) is 0 Å². The second-order valence-corrected chi connectivity index (χ2v) is 8.99. The number of hydrogen-bond donors (Lipinski definition) is 6. The maximum absolute atomic E-state index is 12.7. The molecule has 0 spiro atoms. The van der Waals surface area contributed by atoms with Crippen LogP contribution in [0.2, 0.25) is 0 Å². The van der Waals surface area contributed by atoms with Gasteiger partial charge in [0.1, 0.15) is 24.1 Å². The molecule has 15 heteroatoms. The number of aliphatic hydroxyl groups is 2. The lowest BCUT2D eigenvalue weighted by molar-refractivity contribution is -0.745. The van der Waals surface area contributed by atoms with Crippen molar-refractivity contribution in [1.82, 2.24) is 14.5 Å². The number of aromatic nitrogens is 4. The van der Waals surface area contributed by atoms with Gasteiger partial charge in [-0.15, -0.1) is 0 Å². The predicted octanol–water partition coefficient (Wildman–Crippen LogP) is -1.10. The van der Waals surface area contributed by atoms with E-state index in [2.05, 4.69) is 19.8 Å². The number of nitrogens with one attached hydrogen (secondary N) is 2. The normalized spacial score (nSPS) is 22.9. The quantitative estimate of drug-likeness (QED) is 0.163. The average Bonchev–Trinajstić information content (AvgIpc) is 3.27. The molecule has 3 heterocycles. The fourth-order valence-electron chi connectivity index (χ4n) is 3.72. The number of hydrogen-bond acceptors (Lipinski definition) is 9. The number of phosphoric acid groups is 1. The van der Waals surface area contributed by atoms with Gasteiger partial charge in [0.15, 0.2) is 6.33 Å². The molecule has 34 heavy (non-hydrogen) atoms. The molecule has 184 valence electrons. The third-order valence-corrected chi connectivity index (χ3v) is 5.89. The van der Waals surface area contributed by atoms with E-state index in [1.807, 2.05) is 12.1 Å². The van der Waals surface area contributed by atoms with Gasteiger partial charge in [-0.3, -0.25) is 18.9 Å². The van der Waals surface area contributed by atoms with Gasteiger partial charge < -0.3 is 34.8 Å². The summed E-state index contributed by atoms with van der Waals surface area (Å²) in [5.41, 5.74) is 0.819. The molecule has 2 aromatic heterocycles. The summed E-state index contributed by atoms with van der Waals surface area (Å²) in [6.45, 7) is -0.290. The van der Waals surface area contributed by atoms with E-state index < -0.39 is 44.5 Å². The zero-order valence-corrected chi connectivity index (χ0v) is 19.1. The van der Waals surface area contributed by atoms with E-state index in [1.54, 1.807) is 26.3 Å². The van der Waals surface area contributed by atoms with E-state index >= 15 is 0 Å². The summed E-state index contributed by atoms with van der Waals surface area (Å²) in [6.07, 6.45) is -3.91. The minimum absolute atomic E-state index is 0.163. The second kappa shape index (κ2) is 9.43. The van der Waals surface area contributed by atoms with Crippen LogP contribution < -0.4 is 20.2 Å². The summed E-state index contributed by atoms with van der Waals surface area (Å²) in [7, 11) is -1.62. The molecular weight excluding hydrogens is 473 g/mol. The summed E-state index contributed by atoms with van der Waals surface area (Å²) in [6, 6.07) is 7.32. The van der Waals surface area contributed by atoms with Gasteiger partial charge in [-0.05, 0) is 17.7 Å². The molecule has 3 aromatic rings. The van der Waals surface area contributed by atoms with Gasteiger partial charge in [-0.1, -0.05) is 17.1 Å². The Bertz CT molecular complexity index is 1270. The number of rotatable bonds is 8. The third kappa shape index (κ3) is 4.98. The van der Waals surface area contributed by atoms with Crippen LogP contribution in [0.5, 0.6) is 5.75 Å². The maximum Gasteiger partial charge on any atom is 0.469 e. The van der Waals surface area contributed by atoms with Gasteiger partial charge in [0.2, 0.25) is 11.7 Å². The molecule has 4 atom stereocenters. The molecule has 0 radical (unpaired) electrons. The van der Waals surface area contributed by atoms with Crippen LogP contribution in [0.4, 0.5) is 5.95 Å². The fraction of sp³-hybridized carbons (Fsp3) is 0.421. The number of ether oxygens (including phenoxy) is 2. The number of aryl methyl sites for hydroxylation is 1. The van der Waals surface area contributed by atoms with E-state index in [1.165, 1.54) is 15.5 Å². The summed E-state index contributed by atoms with van der Waals surface area (Å²) in [5.74, 6) is 0.881. The lowest BCUT2D eigenvalue weighted by Gasteiger charge is -2.14. The Labute approximate surface area is 192 Å². The van der Waals surface area contributed by atoms with Gasteiger partial charge in [0.05, 0.1) is 20.8 Å². The van der Waals surface area contributed by atoms with Crippen LogP contribution in [0.25, 0.3) is 11.2 Å². The molecule has 14 nitrogen and oxygen atoms in total. The minimum atomic E-state index is -4.80. The highest BCUT2D eigenvalue weighted by molar-refractivity contribution is 7.46. The van der Waals surface area contributed by atoms with Crippen molar-refractivity contribution in [3.63, 3.8) is 0 Å². The molecule has 0 bridgehead atoms. The Kier molecular flexibility index (Phi) is 6.73. The van der Waals surface area contributed by atoms with Crippen LogP contribution in [0, 0.1) is 0 Å². The number of imidazole rings is 1. The summed E-state index contributed by atoms with van der Waals surface area (Å²) in [4.78, 5) is 37.6. The van der Waals surface area contributed by atoms with E-state index in [9.17, 15) is 19.6 Å². The van der Waals surface area contributed by atoms with Crippen molar-refractivity contribution in [2.75, 3.05) is 19.0 Å². The fourth-order valence-corrected chi connectivity index (χ4v) is 4.06. The van der Waals surface area contributed by atoms with Crippen LogP contribution in [-0.4, -0.2) is 66.6 Å². The van der Waals surface area contributed by atoms with Crippen LogP contribution in [0.15, 0.2) is 35.4 Å². The molecule has 0 aliphatic carbocycles. The van der Waals surface area contributed by atoms with Gasteiger partial charge in [0.25, 0.3) is 11.5 Å². The first kappa shape index (κ1) is 24.3. The van der Waals surface area contributed by atoms with Crippen molar-refractivity contribution >= 4 is 24.9 Å². The number of anilines is 1. The van der Waals surface area contributed by atoms with Crippen molar-refractivity contribution in [3.05, 3.63) is 46.5 Å². The summed E-state index contributed by atoms with van der Waals surface area (Å²) in [5, 5.41) is 23.8. The number of methoxy groups -OCH3 is 1. The Morgan fingerprint density at radius 2 is 1.97 bits per heavy atom. The number of H-pyrrole nitrogens is 1. The predicted molar refractivity (Wildman–Crippen MR) is 116 cm³/mol. The highest BCUT2D eigenvalue weighted by Gasteiger charge is 2.47. The van der Waals surface area contributed by atoms with Crippen LogP contribution in [0.1, 0.15) is 11.8 Å². The molecule has 1 saturated heterocycles. The molecular formula is C19H25N5O9P+. The van der Waals surface area contributed by atoms with Gasteiger partial charge >= 0.3 is 13.5 Å². The topological polar surface area (TPSA) is 192 Å². The molecule has 0 unspecified atom stereocenters. The molecule has 0 saturated carbocycles. The molecule has 4 rings (SSSR count). The van der Waals surface area contributed by atoms with E-state index in [4.69, 9.17) is 19.3 Å². The number of fused-ring (bicyclic) bond motifs is 1. The number of aliphatic hydroxyl groups excluding tert-OH is 2. The lowest BCUT2D eigenvalue weighted by atomic mass is 10.1. The monoisotopic (exact) mass is 498 g/mol. The van der Waals surface area contributed by atoms with Gasteiger partial charge in [-0.25, -0.2) is 9.13 Å². The maximum atomic E-state index is 12.7. The van der Waals surface area contributed by atoms with Crippen molar-refractivity contribution in [2.24, 2.45) is 7.05 Å². The zero-order valence-electron chi connectivity index (χ0n) is 18.2. The van der Waals surface area contributed by atoms with E-state index in [0.29, 0.717) is 12.3 Å². The highest BCUT2D eigenvalue weighted by Crippen LogP contribution is 2.37. The second-order valence-electron chi connectivity index (χ2n) is 7.75. The average molecular weight is 498 g/mol. The van der Waals surface area contributed by atoms with Crippen molar-refractivity contribution in [2.45, 2.75) is 31.1 Å². The Morgan fingerprint density at radius 3 is 2.62 bits per heavy atom. The largest absolute Gasteiger partial charge is 0.497 e. The molecule has 1 fully saturated rings. The van der Waals surface area contributed by atoms with Gasteiger partial charge in [0, 0.05) is 6.54 Å². The first-order chi connectivity index (χ1) is 16.1. The van der Waals surface area contributed by atoms with Crippen LogP contribution >= 0.6 is 7.82 Å². The van der Waals surface area contributed by atoms with E-state index in [-0.39, 0.29) is 17.1 Å².